The van der Waals surface area contributed by atoms with Crippen LogP contribution in [0.1, 0.15) is 29.9 Å². The number of H-pyrrole nitrogens is 1. The molecule has 2 aromatic rings. The molecule has 1 aliphatic rings. The zero-order chi connectivity index (χ0) is 20.9. The van der Waals surface area contributed by atoms with Gasteiger partial charge in [0.25, 0.3) is 0 Å². The Bertz CT molecular complexity index is 923. The number of piperidine rings is 1. The molecular formula is C17H28N3O6PS. The van der Waals surface area contributed by atoms with E-state index < -0.39 is 17.8 Å². The monoisotopic (exact) mass is 433 g/mol. The predicted molar refractivity (Wildman–Crippen MR) is 109 cm³/mol. The highest BCUT2D eigenvalue weighted by Gasteiger charge is 2.21. The van der Waals surface area contributed by atoms with Crippen molar-refractivity contribution in [3.63, 3.8) is 0 Å². The molecule has 1 aromatic carbocycles. The normalized spacial score (nSPS) is 16.8. The molecule has 5 N–H and O–H groups in total. The van der Waals surface area contributed by atoms with Crippen molar-refractivity contribution in [2.24, 2.45) is 0 Å². The molecule has 0 bridgehead atoms. The van der Waals surface area contributed by atoms with Crippen LogP contribution in [0.2, 0.25) is 0 Å². The highest BCUT2D eigenvalue weighted by Crippen LogP contribution is 2.33. The van der Waals surface area contributed by atoms with Crippen LogP contribution in [0.4, 0.5) is 0 Å². The Balaban J connectivity index is 0.000000500. The largest absolute Gasteiger partial charge is 0.466 e. The third-order valence-electron chi connectivity index (χ3n) is 4.91. The molecule has 0 atom stereocenters. The Labute approximate surface area is 165 Å². The van der Waals surface area contributed by atoms with Crippen molar-refractivity contribution in [2.45, 2.75) is 25.2 Å². The average molecular weight is 433 g/mol. The SMILES string of the molecule is CNS(=O)(=O)CCc1ccc2[nH]cc(C3CCN(C)CC3)c2c1.O=P(O)(O)O. The molecule has 1 saturated heterocycles. The molecule has 158 valence electrons. The summed E-state index contributed by atoms with van der Waals surface area (Å²) < 4.78 is 34.5. The van der Waals surface area contributed by atoms with Crippen molar-refractivity contribution >= 4 is 28.7 Å². The number of aromatic amines is 1. The minimum atomic E-state index is -4.64. The number of phosphoric acid groups is 1. The van der Waals surface area contributed by atoms with Gasteiger partial charge in [-0.05, 0) is 75.6 Å². The third-order valence-corrected chi connectivity index (χ3v) is 6.27. The first kappa shape index (κ1) is 23.0. The van der Waals surface area contributed by atoms with E-state index >= 15 is 0 Å². The number of benzene rings is 1. The van der Waals surface area contributed by atoms with Crippen LogP contribution in [-0.2, 0) is 21.0 Å². The van der Waals surface area contributed by atoms with Gasteiger partial charge in [0.15, 0.2) is 0 Å². The van der Waals surface area contributed by atoms with Gasteiger partial charge in [-0.15, -0.1) is 0 Å². The number of nitrogens with one attached hydrogen (secondary N) is 2. The first-order valence-corrected chi connectivity index (χ1v) is 12.2. The van der Waals surface area contributed by atoms with E-state index in [0.29, 0.717) is 12.3 Å². The maximum atomic E-state index is 11.6. The summed E-state index contributed by atoms with van der Waals surface area (Å²) in [7, 11) is -4.16. The van der Waals surface area contributed by atoms with Crippen molar-refractivity contribution in [3.05, 3.63) is 35.5 Å². The average Bonchev–Trinajstić information content (AvgIpc) is 3.02. The second kappa shape index (κ2) is 9.49. The number of likely N-dealkylation sites (tertiary alicyclic amines) is 1. The molecule has 1 aromatic heterocycles. The van der Waals surface area contributed by atoms with Gasteiger partial charge in [0, 0.05) is 17.1 Å². The van der Waals surface area contributed by atoms with Gasteiger partial charge in [0.1, 0.15) is 0 Å². The summed E-state index contributed by atoms with van der Waals surface area (Å²) in [6.07, 6.45) is 5.04. The van der Waals surface area contributed by atoms with Crippen molar-refractivity contribution in [3.8, 4) is 0 Å². The molecule has 11 heteroatoms. The Kier molecular flexibility index (Phi) is 7.81. The second-order valence-electron chi connectivity index (χ2n) is 6.99. The van der Waals surface area contributed by atoms with Crippen molar-refractivity contribution in [2.75, 3.05) is 32.9 Å². The van der Waals surface area contributed by atoms with Crippen molar-refractivity contribution in [1.29, 1.82) is 0 Å². The van der Waals surface area contributed by atoms with Gasteiger partial charge in [-0.2, -0.15) is 0 Å². The van der Waals surface area contributed by atoms with E-state index in [0.717, 1.165) is 24.2 Å². The molecule has 0 radical (unpaired) electrons. The Morgan fingerprint density at radius 2 is 1.86 bits per heavy atom. The number of fused-ring (bicyclic) bond motifs is 1. The number of sulfonamides is 1. The van der Waals surface area contributed by atoms with Crippen LogP contribution in [0, 0.1) is 0 Å². The zero-order valence-electron chi connectivity index (χ0n) is 16.0. The standard InChI is InChI=1S/C17H25N3O2S.H3O4P/c1-18-23(21,22)10-7-13-3-4-17-15(11-13)16(12-19-17)14-5-8-20(2)9-6-14;1-5(2,3)4/h3-4,11-12,14,18-19H,5-10H2,1-2H3;(H3,1,2,3,4). The van der Waals surface area contributed by atoms with Gasteiger partial charge in [-0.25, -0.2) is 17.7 Å². The van der Waals surface area contributed by atoms with Crippen LogP contribution in [0.3, 0.4) is 0 Å². The van der Waals surface area contributed by atoms with Crippen LogP contribution in [0.5, 0.6) is 0 Å². The quantitative estimate of drug-likeness (QED) is 0.445. The molecule has 0 spiro atoms. The first-order chi connectivity index (χ1) is 13.0. The Hall–Kier alpha value is -1.26. The summed E-state index contributed by atoms with van der Waals surface area (Å²) in [6.45, 7) is 2.27. The van der Waals surface area contributed by atoms with Gasteiger partial charge < -0.3 is 24.6 Å². The summed E-state index contributed by atoms with van der Waals surface area (Å²) >= 11 is 0. The van der Waals surface area contributed by atoms with Gasteiger partial charge in [0.2, 0.25) is 10.0 Å². The molecule has 0 unspecified atom stereocenters. The van der Waals surface area contributed by atoms with E-state index in [-0.39, 0.29) is 5.75 Å². The lowest BCUT2D eigenvalue weighted by Crippen LogP contribution is -2.29. The molecule has 2 heterocycles. The summed E-state index contributed by atoms with van der Waals surface area (Å²) in [5, 5.41) is 1.25. The third kappa shape index (κ3) is 7.29. The maximum Gasteiger partial charge on any atom is 0.466 e. The van der Waals surface area contributed by atoms with E-state index in [1.807, 2.05) is 6.07 Å². The number of aromatic nitrogens is 1. The van der Waals surface area contributed by atoms with Crippen LogP contribution < -0.4 is 4.72 Å². The molecule has 28 heavy (non-hydrogen) atoms. The van der Waals surface area contributed by atoms with Crippen LogP contribution >= 0.6 is 7.82 Å². The summed E-state index contributed by atoms with van der Waals surface area (Å²) in [4.78, 5) is 27.3. The molecule has 0 amide bonds. The van der Waals surface area contributed by atoms with Crippen molar-refractivity contribution in [1.82, 2.24) is 14.6 Å². The number of rotatable bonds is 5. The Morgan fingerprint density at radius 1 is 1.25 bits per heavy atom. The summed E-state index contributed by atoms with van der Waals surface area (Å²) in [6, 6.07) is 6.24. The van der Waals surface area contributed by atoms with Crippen LogP contribution in [-0.4, -0.2) is 65.9 Å². The lowest BCUT2D eigenvalue weighted by atomic mass is 9.89. The lowest BCUT2D eigenvalue weighted by molar-refractivity contribution is 0.256. The van der Waals surface area contributed by atoms with E-state index in [4.69, 9.17) is 19.2 Å². The molecule has 0 aliphatic carbocycles. The van der Waals surface area contributed by atoms with Gasteiger partial charge in [0.05, 0.1) is 5.75 Å². The van der Waals surface area contributed by atoms with E-state index in [9.17, 15) is 8.42 Å². The van der Waals surface area contributed by atoms with Crippen LogP contribution in [0.25, 0.3) is 10.9 Å². The molecule has 1 fully saturated rings. The number of aryl methyl sites for hydroxylation is 1. The second-order valence-corrected chi connectivity index (χ2v) is 10.1. The van der Waals surface area contributed by atoms with E-state index in [1.54, 1.807) is 0 Å². The minimum Gasteiger partial charge on any atom is -0.361 e. The molecule has 3 rings (SSSR count). The van der Waals surface area contributed by atoms with Gasteiger partial charge >= 0.3 is 7.82 Å². The molecule has 1 aliphatic heterocycles. The smallest absolute Gasteiger partial charge is 0.361 e. The first-order valence-electron chi connectivity index (χ1n) is 8.96. The van der Waals surface area contributed by atoms with E-state index in [1.165, 1.54) is 30.8 Å². The molecule has 0 saturated carbocycles. The fraction of sp³-hybridized carbons (Fsp3) is 0.529. The van der Waals surface area contributed by atoms with Gasteiger partial charge in [-0.3, -0.25) is 0 Å². The maximum absolute atomic E-state index is 11.6. The fourth-order valence-corrected chi connectivity index (χ4v) is 4.07. The van der Waals surface area contributed by atoms with E-state index in [2.05, 4.69) is 40.0 Å². The number of nitrogens with zero attached hydrogens (tertiary/aromatic N) is 1. The summed E-state index contributed by atoms with van der Waals surface area (Å²) in [5.41, 5.74) is 3.59. The Morgan fingerprint density at radius 3 is 2.43 bits per heavy atom. The highest BCUT2D eigenvalue weighted by molar-refractivity contribution is 7.89. The molecular weight excluding hydrogens is 405 g/mol. The summed E-state index contributed by atoms with van der Waals surface area (Å²) in [5.74, 6) is 0.722. The van der Waals surface area contributed by atoms with Crippen molar-refractivity contribution < 1.29 is 27.7 Å². The minimum absolute atomic E-state index is 0.128. The number of hydrogen-bond donors (Lipinski definition) is 5. The zero-order valence-corrected chi connectivity index (χ0v) is 17.7. The van der Waals surface area contributed by atoms with Gasteiger partial charge in [-0.1, -0.05) is 6.07 Å². The number of hydrogen-bond acceptors (Lipinski definition) is 4. The predicted octanol–water partition coefficient (Wildman–Crippen LogP) is 1.14. The highest BCUT2D eigenvalue weighted by atomic mass is 32.2. The molecule has 9 nitrogen and oxygen atoms in total. The van der Waals surface area contributed by atoms with Crippen LogP contribution in [0.15, 0.2) is 24.4 Å². The topological polar surface area (TPSA) is 143 Å². The lowest BCUT2D eigenvalue weighted by Gasteiger charge is -2.28. The fourth-order valence-electron chi connectivity index (χ4n) is 3.36.